The Morgan fingerprint density at radius 2 is 1.94 bits per heavy atom. The molecule has 0 aliphatic heterocycles. The normalized spacial score (nSPS) is 11.4. The molecule has 96 valence electrons. The maximum Gasteiger partial charge on any atom is 0.407 e. The van der Waals surface area contributed by atoms with E-state index < -0.39 is 12.1 Å². The number of carbonyl (C=O) groups is 2. The monoisotopic (exact) mass is 247 g/mol. The molecule has 4 heteroatoms. The summed E-state index contributed by atoms with van der Waals surface area (Å²) in [5.41, 5.74) is 1.13. The van der Waals surface area contributed by atoms with Gasteiger partial charge in [0.1, 0.15) is 0 Å². The molecular weight excluding hydrogens is 230 g/mol. The first kappa shape index (κ1) is 14.0. The molecule has 1 atom stereocenters. The Morgan fingerprint density at radius 1 is 1.33 bits per heavy atom. The van der Waals surface area contributed by atoms with Crippen LogP contribution in [-0.2, 0) is 9.53 Å². The molecule has 0 aliphatic rings. The van der Waals surface area contributed by atoms with Crippen molar-refractivity contribution in [3.05, 3.63) is 48.0 Å². The molecule has 0 saturated heterocycles. The van der Waals surface area contributed by atoms with E-state index in [4.69, 9.17) is 4.74 Å². The first-order chi connectivity index (χ1) is 8.56. The van der Waals surface area contributed by atoms with Crippen LogP contribution in [0, 0.1) is 0 Å². The van der Waals surface area contributed by atoms with Gasteiger partial charge in [-0.15, -0.1) is 0 Å². The summed E-state index contributed by atoms with van der Waals surface area (Å²) in [5.74, 6) is -0.166. The quantitative estimate of drug-likeness (QED) is 0.814. The minimum absolute atomic E-state index is 0.166. The first-order valence-corrected chi connectivity index (χ1v) is 5.74. The fourth-order valence-electron chi connectivity index (χ4n) is 1.51. The van der Waals surface area contributed by atoms with Gasteiger partial charge in [0.15, 0.2) is 5.78 Å². The van der Waals surface area contributed by atoms with Crippen LogP contribution in [0.1, 0.15) is 25.5 Å². The van der Waals surface area contributed by atoms with Crippen molar-refractivity contribution >= 4 is 11.9 Å². The van der Waals surface area contributed by atoms with Gasteiger partial charge in [0.2, 0.25) is 0 Å². The van der Waals surface area contributed by atoms with E-state index in [1.807, 2.05) is 30.3 Å². The molecule has 1 rings (SSSR count). The highest BCUT2D eigenvalue weighted by Crippen LogP contribution is 2.21. The van der Waals surface area contributed by atoms with Crippen LogP contribution in [0.3, 0.4) is 0 Å². The Bertz CT molecular complexity index is 440. The Balaban J connectivity index is 2.93. The van der Waals surface area contributed by atoms with Gasteiger partial charge in [-0.2, -0.15) is 0 Å². The van der Waals surface area contributed by atoms with E-state index >= 15 is 0 Å². The smallest absolute Gasteiger partial charge is 0.407 e. The highest BCUT2D eigenvalue weighted by atomic mass is 16.5. The number of rotatable bonds is 5. The van der Waals surface area contributed by atoms with Gasteiger partial charge >= 0.3 is 6.09 Å². The SMILES string of the molecule is C=C(C(C)=O)[C@@H](NC(=O)OCC)c1ccccc1. The van der Waals surface area contributed by atoms with E-state index in [1.54, 1.807) is 6.92 Å². The standard InChI is InChI=1S/C14H17NO3/c1-4-18-14(17)15-13(10(2)11(3)16)12-8-6-5-7-9-12/h5-9,13H,2,4H2,1,3H3,(H,15,17)/t13-/m1/s1. The average Bonchev–Trinajstić information content (AvgIpc) is 2.36. The lowest BCUT2D eigenvalue weighted by atomic mass is 9.97. The number of ether oxygens (including phenoxy) is 1. The predicted molar refractivity (Wildman–Crippen MR) is 69.2 cm³/mol. The Kier molecular flexibility index (Phi) is 5.11. The fourth-order valence-corrected chi connectivity index (χ4v) is 1.51. The maximum atomic E-state index is 11.5. The van der Waals surface area contributed by atoms with Crippen molar-refractivity contribution in [2.24, 2.45) is 0 Å². The number of nitrogens with one attached hydrogen (secondary N) is 1. The summed E-state index contributed by atoms with van der Waals surface area (Å²) in [4.78, 5) is 22.9. The molecule has 0 aromatic heterocycles. The predicted octanol–water partition coefficient (Wildman–Crippen LogP) is 2.62. The van der Waals surface area contributed by atoms with E-state index in [0.29, 0.717) is 5.57 Å². The van der Waals surface area contributed by atoms with Crippen molar-refractivity contribution in [3.8, 4) is 0 Å². The minimum Gasteiger partial charge on any atom is -0.450 e. The molecule has 0 aliphatic carbocycles. The highest BCUT2D eigenvalue weighted by Gasteiger charge is 2.20. The van der Waals surface area contributed by atoms with E-state index in [-0.39, 0.29) is 12.4 Å². The number of amides is 1. The van der Waals surface area contributed by atoms with Crippen LogP contribution < -0.4 is 5.32 Å². The molecule has 1 aromatic carbocycles. The number of alkyl carbamates (subject to hydrolysis) is 1. The Labute approximate surface area is 107 Å². The van der Waals surface area contributed by atoms with Crippen LogP contribution in [-0.4, -0.2) is 18.5 Å². The summed E-state index contributed by atoms with van der Waals surface area (Å²) < 4.78 is 4.82. The number of benzene rings is 1. The zero-order valence-corrected chi connectivity index (χ0v) is 10.6. The van der Waals surface area contributed by atoms with Crippen LogP contribution in [0.5, 0.6) is 0 Å². The topological polar surface area (TPSA) is 55.4 Å². The molecule has 0 radical (unpaired) electrons. The number of ketones is 1. The van der Waals surface area contributed by atoms with Gasteiger partial charge in [-0.05, 0) is 19.4 Å². The minimum atomic E-state index is -0.561. The van der Waals surface area contributed by atoms with Gasteiger partial charge in [-0.25, -0.2) is 4.79 Å². The van der Waals surface area contributed by atoms with Gasteiger partial charge in [0.25, 0.3) is 0 Å². The van der Waals surface area contributed by atoms with Crippen LogP contribution >= 0.6 is 0 Å². The van der Waals surface area contributed by atoms with Crippen molar-refractivity contribution < 1.29 is 14.3 Å². The second-order valence-electron chi connectivity index (χ2n) is 3.79. The molecule has 0 saturated carbocycles. The van der Waals surface area contributed by atoms with Crippen molar-refractivity contribution in [2.75, 3.05) is 6.61 Å². The molecule has 0 spiro atoms. The average molecular weight is 247 g/mol. The summed E-state index contributed by atoms with van der Waals surface area (Å²) in [6.07, 6.45) is -0.561. The van der Waals surface area contributed by atoms with Crippen LogP contribution in [0.2, 0.25) is 0 Å². The molecule has 0 fully saturated rings. The second kappa shape index (κ2) is 6.59. The highest BCUT2D eigenvalue weighted by molar-refractivity contribution is 5.94. The number of Topliss-reactive ketones (excluding diaryl/α,β-unsaturated/α-hetero) is 1. The molecule has 4 nitrogen and oxygen atoms in total. The van der Waals surface area contributed by atoms with Crippen molar-refractivity contribution in [2.45, 2.75) is 19.9 Å². The third kappa shape index (κ3) is 3.73. The molecule has 0 bridgehead atoms. The van der Waals surface area contributed by atoms with Crippen molar-refractivity contribution in [3.63, 3.8) is 0 Å². The summed E-state index contributed by atoms with van der Waals surface area (Å²) in [6, 6.07) is 8.63. The molecular formula is C14H17NO3. The van der Waals surface area contributed by atoms with E-state index in [0.717, 1.165) is 5.56 Å². The molecule has 0 heterocycles. The maximum absolute atomic E-state index is 11.5. The zero-order valence-electron chi connectivity index (χ0n) is 10.6. The summed E-state index contributed by atoms with van der Waals surface area (Å²) in [5, 5.41) is 2.63. The third-order valence-electron chi connectivity index (χ3n) is 2.47. The number of hydrogen-bond donors (Lipinski definition) is 1. The van der Waals surface area contributed by atoms with Crippen LogP contribution in [0.15, 0.2) is 42.5 Å². The van der Waals surface area contributed by atoms with Crippen LogP contribution in [0.4, 0.5) is 4.79 Å². The molecule has 0 unspecified atom stereocenters. The van der Waals surface area contributed by atoms with E-state index in [2.05, 4.69) is 11.9 Å². The summed E-state index contributed by atoms with van der Waals surface area (Å²) >= 11 is 0. The Morgan fingerprint density at radius 3 is 2.44 bits per heavy atom. The fraction of sp³-hybridized carbons (Fsp3) is 0.286. The van der Waals surface area contributed by atoms with E-state index in [9.17, 15) is 9.59 Å². The van der Waals surface area contributed by atoms with Gasteiger partial charge < -0.3 is 10.1 Å². The van der Waals surface area contributed by atoms with Crippen molar-refractivity contribution in [1.29, 1.82) is 0 Å². The van der Waals surface area contributed by atoms with Gasteiger partial charge in [0, 0.05) is 5.57 Å². The number of hydrogen-bond acceptors (Lipinski definition) is 3. The second-order valence-corrected chi connectivity index (χ2v) is 3.79. The number of carbonyl (C=O) groups excluding carboxylic acids is 2. The summed E-state index contributed by atoms with van der Waals surface area (Å²) in [6.45, 7) is 7.14. The molecule has 1 amide bonds. The van der Waals surface area contributed by atoms with E-state index in [1.165, 1.54) is 6.92 Å². The van der Waals surface area contributed by atoms with Gasteiger partial charge in [-0.1, -0.05) is 36.9 Å². The van der Waals surface area contributed by atoms with Gasteiger partial charge in [-0.3, -0.25) is 4.79 Å². The first-order valence-electron chi connectivity index (χ1n) is 5.74. The zero-order chi connectivity index (χ0) is 13.5. The third-order valence-corrected chi connectivity index (χ3v) is 2.47. The lowest BCUT2D eigenvalue weighted by Gasteiger charge is -2.19. The molecule has 18 heavy (non-hydrogen) atoms. The summed E-state index contributed by atoms with van der Waals surface area (Å²) in [7, 11) is 0. The lowest BCUT2D eigenvalue weighted by Crippen LogP contribution is -2.31. The van der Waals surface area contributed by atoms with Crippen molar-refractivity contribution in [1.82, 2.24) is 5.32 Å². The molecule has 1 N–H and O–H groups in total. The largest absolute Gasteiger partial charge is 0.450 e. The Hall–Kier alpha value is -2.10. The molecule has 1 aromatic rings. The van der Waals surface area contributed by atoms with Crippen LogP contribution in [0.25, 0.3) is 0 Å². The lowest BCUT2D eigenvalue weighted by molar-refractivity contribution is -0.113. The van der Waals surface area contributed by atoms with Gasteiger partial charge in [0.05, 0.1) is 12.6 Å².